The maximum absolute atomic E-state index is 12.2. The molecule has 1 aliphatic rings. The van der Waals surface area contributed by atoms with Gasteiger partial charge in [-0.1, -0.05) is 23.2 Å². The minimum Gasteiger partial charge on any atom is -0.465 e. The highest BCUT2D eigenvalue weighted by molar-refractivity contribution is 6.41. The normalized spacial score (nSPS) is 17.5. The molecule has 0 spiro atoms. The van der Waals surface area contributed by atoms with Gasteiger partial charge in [-0.15, -0.1) is 0 Å². The number of hydrogen-bond donors (Lipinski definition) is 2. The summed E-state index contributed by atoms with van der Waals surface area (Å²) >= 11 is 12.1. The Morgan fingerprint density at radius 3 is 2.59 bits per heavy atom. The van der Waals surface area contributed by atoms with E-state index in [2.05, 4.69) is 10.1 Å². The number of nitrogens with one attached hydrogen (secondary N) is 2. The van der Waals surface area contributed by atoms with Crippen LogP contribution in [0.15, 0.2) is 12.1 Å². The highest BCUT2D eigenvalue weighted by Gasteiger charge is 2.38. The zero-order valence-electron chi connectivity index (χ0n) is 11.9. The number of imide groups is 1. The van der Waals surface area contributed by atoms with Crippen LogP contribution in [-0.2, 0) is 4.74 Å². The van der Waals surface area contributed by atoms with Crippen molar-refractivity contribution in [3.05, 3.63) is 27.7 Å². The van der Waals surface area contributed by atoms with Crippen molar-refractivity contribution in [1.29, 1.82) is 0 Å². The Hall–Kier alpha value is -1.83. The monoisotopic (exact) mass is 346 g/mol. The minimum absolute atomic E-state index is 0.0351. The summed E-state index contributed by atoms with van der Waals surface area (Å²) in [6.07, 6.45) is 0. The van der Waals surface area contributed by atoms with Gasteiger partial charge >= 0.3 is 18.0 Å². The lowest BCUT2D eigenvalue weighted by atomic mass is 10.2. The molecule has 2 rings (SSSR count). The Balaban J connectivity index is 2.28. The molecule has 1 unspecified atom stereocenters. The first-order valence-corrected chi connectivity index (χ1v) is 7.11. The van der Waals surface area contributed by atoms with Crippen LogP contribution >= 0.6 is 23.2 Å². The maximum atomic E-state index is 12.2. The Bertz CT molecular complexity index is 650. The fourth-order valence-corrected chi connectivity index (χ4v) is 2.59. The third-order valence-corrected chi connectivity index (χ3v) is 4.02. The van der Waals surface area contributed by atoms with E-state index < -0.39 is 12.0 Å². The van der Waals surface area contributed by atoms with Gasteiger partial charge in [0, 0.05) is 7.05 Å². The Kier molecular flexibility index (Phi) is 4.90. The van der Waals surface area contributed by atoms with Crippen molar-refractivity contribution in [2.45, 2.75) is 0 Å². The van der Waals surface area contributed by atoms with Gasteiger partial charge in [0.2, 0.25) is 0 Å². The molecule has 1 fully saturated rings. The van der Waals surface area contributed by atoms with Crippen LogP contribution < -0.4 is 10.2 Å². The van der Waals surface area contributed by atoms with Crippen molar-refractivity contribution in [2.75, 3.05) is 32.6 Å². The number of quaternary nitrogens is 1. The number of benzene rings is 1. The van der Waals surface area contributed by atoms with Gasteiger partial charge in [0.25, 0.3) is 0 Å². The summed E-state index contributed by atoms with van der Waals surface area (Å²) < 4.78 is 4.60. The van der Waals surface area contributed by atoms with Crippen LogP contribution in [0.4, 0.5) is 15.3 Å². The third-order valence-electron chi connectivity index (χ3n) is 3.31. The molecular weight excluding hydrogens is 333 g/mol. The molecule has 1 aromatic rings. The van der Waals surface area contributed by atoms with E-state index >= 15 is 0 Å². The van der Waals surface area contributed by atoms with Crippen LogP contribution in [-0.4, -0.2) is 50.2 Å². The average molecular weight is 347 g/mol. The van der Waals surface area contributed by atoms with E-state index in [0.29, 0.717) is 13.1 Å². The molecule has 1 saturated heterocycles. The Morgan fingerprint density at radius 1 is 1.36 bits per heavy atom. The quantitative estimate of drug-likeness (QED) is 0.790. The van der Waals surface area contributed by atoms with E-state index in [0.717, 1.165) is 0 Å². The molecule has 0 bridgehead atoms. The number of anilines is 1. The second-order valence-electron chi connectivity index (χ2n) is 4.68. The van der Waals surface area contributed by atoms with Crippen LogP contribution in [0.3, 0.4) is 0 Å². The second-order valence-corrected chi connectivity index (χ2v) is 5.47. The molecule has 0 saturated carbocycles. The lowest BCUT2D eigenvalue weighted by Gasteiger charge is -2.13. The van der Waals surface area contributed by atoms with E-state index in [9.17, 15) is 14.4 Å². The van der Waals surface area contributed by atoms with Gasteiger partial charge in [-0.25, -0.2) is 14.4 Å². The number of carbonyl (C=O) groups is 3. The number of urea groups is 2. The van der Waals surface area contributed by atoms with E-state index in [4.69, 9.17) is 23.2 Å². The predicted octanol–water partition coefficient (Wildman–Crippen LogP) is 1.26. The Labute approximate surface area is 136 Å². The van der Waals surface area contributed by atoms with Crippen molar-refractivity contribution in [1.82, 2.24) is 4.90 Å². The summed E-state index contributed by atoms with van der Waals surface area (Å²) in [5.41, 5.74) is 0.148. The fourth-order valence-electron chi connectivity index (χ4n) is 2.05. The van der Waals surface area contributed by atoms with Crippen LogP contribution in [0.25, 0.3) is 0 Å². The number of nitrogens with zero attached hydrogens (tertiary/aromatic N) is 1. The molecule has 1 aromatic carbocycles. The molecule has 0 aliphatic carbocycles. The molecule has 1 atom stereocenters. The fraction of sp³-hybridized carbons (Fsp3) is 0.308. The van der Waals surface area contributed by atoms with Gasteiger partial charge in [0.1, 0.15) is 6.54 Å². The van der Waals surface area contributed by atoms with Crippen molar-refractivity contribution in [3.63, 3.8) is 0 Å². The third kappa shape index (κ3) is 3.01. The van der Waals surface area contributed by atoms with Gasteiger partial charge in [-0.3, -0.25) is 10.2 Å². The minimum atomic E-state index is -0.651. The lowest BCUT2D eigenvalue weighted by molar-refractivity contribution is -0.711. The molecule has 22 heavy (non-hydrogen) atoms. The van der Waals surface area contributed by atoms with Gasteiger partial charge in [-0.2, -0.15) is 4.90 Å². The van der Waals surface area contributed by atoms with Crippen LogP contribution in [0.1, 0.15) is 10.4 Å². The van der Waals surface area contributed by atoms with Crippen molar-refractivity contribution in [3.8, 4) is 0 Å². The summed E-state index contributed by atoms with van der Waals surface area (Å²) in [7, 11) is 2.83. The topological polar surface area (TPSA) is 80.2 Å². The summed E-state index contributed by atoms with van der Waals surface area (Å²) in [6, 6.07) is 1.89. The van der Waals surface area contributed by atoms with Gasteiger partial charge in [0.15, 0.2) is 0 Å². The summed E-state index contributed by atoms with van der Waals surface area (Å²) in [5, 5.41) is 2.62. The number of amides is 4. The van der Waals surface area contributed by atoms with E-state index in [1.807, 2.05) is 0 Å². The molecular formula is C13H14Cl2N3O4+. The first-order valence-electron chi connectivity index (χ1n) is 6.35. The lowest BCUT2D eigenvalue weighted by Crippen LogP contribution is -3.16. The number of carbonyl (C=O) groups excluding carboxylic acids is 3. The average Bonchev–Trinajstić information content (AvgIpc) is 2.82. The zero-order chi connectivity index (χ0) is 16.4. The number of rotatable bonds is 2. The van der Waals surface area contributed by atoms with E-state index in [1.54, 1.807) is 7.05 Å². The molecule has 4 amide bonds. The summed E-state index contributed by atoms with van der Waals surface area (Å²) in [5.74, 6) is -0.651. The molecule has 1 aliphatic heterocycles. The first kappa shape index (κ1) is 16.5. The van der Waals surface area contributed by atoms with Crippen molar-refractivity contribution < 1.29 is 24.0 Å². The number of methoxy groups -OCH3 is 1. The van der Waals surface area contributed by atoms with Crippen molar-refractivity contribution in [2.24, 2.45) is 0 Å². The molecule has 2 N–H and O–H groups in total. The highest BCUT2D eigenvalue weighted by Crippen LogP contribution is 2.33. The van der Waals surface area contributed by atoms with E-state index in [1.165, 1.54) is 24.1 Å². The van der Waals surface area contributed by atoms with E-state index in [-0.39, 0.29) is 32.2 Å². The van der Waals surface area contributed by atoms with Gasteiger partial charge in [-0.05, 0) is 12.1 Å². The number of halogens is 2. The number of esters is 1. The largest absolute Gasteiger partial charge is 0.465 e. The molecule has 9 heteroatoms. The predicted molar refractivity (Wildman–Crippen MR) is 80.7 cm³/mol. The zero-order valence-corrected chi connectivity index (χ0v) is 13.4. The molecule has 1 heterocycles. The summed E-state index contributed by atoms with van der Waals surface area (Å²) in [4.78, 5) is 37.2. The smallest absolute Gasteiger partial charge is 0.428 e. The Morgan fingerprint density at radius 2 is 2.05 bits per heavy atom. The molecule has 7 nitrogen and oxygen atoms in total. The number of likely N-dealkylation sites (N-methyl/N-ethyl adjacent to an activating group) is 1. The second kappa shape index (κ2) is 6.51. The first-order chi connectivity index (χ1) is 10.4. The highest BCUT2D eigenvalue weighted by atomic mass is 35.5. The molecule has 118 valence electrons. The summed E-state index contributed by atoms with van der Waals surface area (Å²) in [6.45, 7) is 0.818. The van der Waals surface area contributed by atoms with Crippen LogP contribution in [0, 0.1) is 0 Å². The van der Waals surface area contributed by atoms with Gasteiger partial charge in [0.05, 0.1) is 35.0 Å². The van der Waals surface area contributed by atoms with Crippen LogP contribution in [0.2, 0.25) is 10.0 Å². The van der Waals surface area contributed by atoms with Gasteiger partial charge < -0.3 is 4.74 Å². The molecule has 0 aromatic heterocycles. The van der Waals surface area contributed by atoms with Crippen LogP contribution in [0.5, 0.6) is 0 Å². The molecule has 0 radical (unpaired) electrons. The maximum Gasteiger partial charge on any atom is 0.428 e. The standard InChI is InChI=1S/C13H13Cl2N3O4/c1-17-5-6-18(13(17)21)12(20)16-10-8(14)4-3-7(9(10)15)11(19)22-2/h3-4H,5-6H2,1-2H3,(H,16,20)/p+1. The number of hydrogen-bond acceptors (Lipinski definition) is 4. The SMILES string of the molecule is COC(=O)c1ccc(Cl)c(NC(=O)[NH+]2CCN(C)C2=O)c1Cl. The van der Waals surface area contributed by atoms with Crippen molar-refractivity contribution >= 4 is 46.9 Å². The number of ether oxygens (including phenoxy) is 1.